The minimum atomic E-state index is -0.741. The minimum Gasteiger partial charge on any atom is -0.452 e. The Bertz CT molecular complexity index is 837. The van der Waals surface area contributed by atoms with E-state index in [1.54, 1.807) is 17.0 Å². The lowest BCUT2D eigenvalue weighted by atomic mass is 10.2. The molecule has 0 saturated carbocycles. The number of esters is 1. The largest absolute Gasteiger partial charge is 0.452 e. The zero-order valence-electron chi connectivity index (χ0n) is 14.3. The van der Waals surface area contributed by atoms with Crippen molar-refractivity contribution in [2.75, 3.05) is 37.7 Å². The molecular formula is C19H17ClF2N2O3. The van der Waals surface area contributed by atoms with Gasteiger partial charge in [0.1, 0.15) is 11.6 Å². The second-order valence-electron chi connectivity index (χ2n) is 6.05. The molecule has 1 amide bonds. The summed E-state index contributed by atoms with van der Waals surface area (Å²) in [7, 11) is 0. The first kappa shape index (κ1) is 19.1. The van der Waals surface area contributed by atoms with Gasteiger partial charge in [-0.1, -0.05) is 11.6 Å². The van der Waals surface area contributed by atoms with E-state index in [2.05, 4.69) is 4.90 Å². The summed E-state index contributed by atoms with van der Waals surface area (Å²) in [5.74, 6) is -1.98. The van der Waals surface area contributed by atoms with Gasteiger partial charge in [-0.3, -0.25) is 4.79 Å². The lowest BCUT2D eigenvalue weighted by Gasteiger charge is -2.36. The van der Waals surface area contributed by atoms with Crippen molar-refractivity contribution in [2.45, 2.75) is 0 Å². The molecule has 1 heterocycles. The third-order valence-corrected chi connectivity index (χ3v) is 4.60. The standard InChI is InChI=1S/C19H17ClF2N2O3/c20-16-11-13(1-6-17(16)22)19(26)27-12-18(25)24-9-7-23(8-10-24)15-4-2-14(21)3-5-15/h1-6,11H,7-10,12H2. The van der Waals surface area contributed by atoms with Gasteiger partial charge in [0.15, 0.2) is 6.61 Å². The predicted octanol–water partition coefficient (Wildman–Crippen LogP) is 3.12. The van der Waals surface area contributed by atoms with Crippen LogP contribution in [0.1, 0.15) is 10.4 Å². The lowest BCUT2D eigenvalue weighted by Crippen LogP contribution is -2.49. The number of ether oxygens (including phenoxy) is 1. The molecule has 0 aliphatic carbocycles. The van der Waals surface area contributed by atoms with Crippen molar-refractivity contribution in [3.05, 3.63) is 64.7 Å². The lowest BCUT2D eigenvalue weighted by molar-refractivity contribution is -0.134. The van der Waals surface area contributed by atoms with Crippen molar-refractivity contribution >= 4 is 29.2 Å². The molecule has 142 valence electrons. The summed E-state index contributed by atoms with van der Waals surface area (Å²) in [5.41, 5.74) is 0.971. The molecule has 0 atom stereocenters. The number of anilines is 1. The topological polar surface area (TPSA) is 49.9 Å². The van der Waals surface area contributed by atoms with Crippen LogP contribution in [-0.4, -0.2) is 49.6 Å². The molecule has 0 N–H and O–H groups in total. The maximum Gasteiger partial charge on any atom is 0.338 e. The molecule has 0 spiro atoms. The van der Waals surface area contributed by atoms with Crippen molar-refractivity contribution in [2.24, 2.45) is 0 Å². The van der Waals surface area contributed by atoms with Gasteiger partial charge in [0.05, 0.1) is 10.6 Å². The molecule has 0 bridgehead atoms. The summed E-state index contributed by atoms with van der Waals surface area (Å²) in [6.45, 7) is 1.73. The summed E-state index contributed by atoms with van der Waals surface area (Å²) in [6.07, 6.45) is 0. The molecule has 1 fully saturated rings. The molecule has 0 unspecified atom stereocenters. The number of benzene rings is 2. The number of carbonyl (C=O) groups excluding carboxylic acids is 2. The van der Waals surface area contributed by atoms with Gasteiger partial charge in [-0.25, -0.2) is 13.6 Å². The third-order valence-electron chi connectivity index (χ3n) is 4.31. The molecule has 0 radical (unpaired) electrons. The number of rotatable bonds is 4. The van der Waals surface area contributed by atoms with E-state index in [0.717, 1.165) is 17.8 Å². The van der Waals surface area contributed by atoms with Gasteiger partial charge in [-0.15, -0.1) is 0 Å². The second kappa shape index (κ2) is 8.35. The van der Waals surface area contributed by atoms with E-state index in [9.17, 15) is 18.4 Å². The zero-order chi connectivity index (χ0) is 19.4. The Kier molecular flexibility index (Phi) is 5.91. The van der Waals surface area contributed by atoms with E-state index in [4.69, 9.17) is 16.3 Å². The van der Waals surface area contributed by atoms with Crippen LogP contribution in [-0.2, 0) is 9.53 Å². The van der Waals surface area contributed by atoms with E-state index in [1.165, 1.54) is 18.2 Å². The van der Waals surface area contributed by atoms with Gasteiger partial charge in [0, 0.05) is 31.9 Å². The van der Waals surface area contributed by atoms with E-state index < -0.39 is 18.4 Å². The van der Waals surface area contributed by atoms with Gasteiger partial charge >= 0.3 is 5.97 Å². The molecule has 0 aromatic heterocycles. The van der Waals surface area contributed by atoms with Crippen molar-refractivity contribution in [3.63, 3.8) is 0 Å². The average Bonchev–Trinajstić information content (AvgIpc) is 2.68. The van der Waals surface area contributed by atoms with Crippen LogP contribution in [0.5, 0.6) is 0 Å². The highest BCUT2D eigenvalue weighted by Crippen LogP contribution is 2.18. The predicted molar refractivity (Wildman–Crippen MR) is 96.9 cm³/mol. The van der Waals surface area contributed by atoms with Crippen LogP contribution in [0.15, 0.2) is 42.5 Å². The van der Waals surface area contributed by atoms with E-state index in [-0.39, 0.29) is 22.3 Å². The van der Waals surface area contributed by atoms with Crippen LogP contribution >= 0.6 is 11.6 Å². The third kappa shape index (κ3) is 4.74. The van der Waals surface area contributed by atoms with Crippen LogP contribution in [0.2, 0.25) is 5.02 Å². The summed E-state index contributed by atoms with van der Waals surface area (Å²) < 4.78 is 31.1. The molecule has 1 saturated heterocycles. The van der Waals surface area contributed by atoms with Crippen LogP contribution in [0.4, 0.5) is 14.5 Å². The molecule has 27 heavy (non-hydrogen) atoms. The minimum absolute atomic E-state index is 0.0790. The number of nitrogens with zero attached hydrogens (tertiary/aromatic N) is 2. The van der Waals surface area contributed by atoms with Crippen molar-refractivity contribution < 1.29 is 23.1 Å². The number of carbonyl (C=O) groups is 2. The fraction of sp³-hybridized carbons (Fsp3) is 0.263. The molecule has 1 aliphatic heterocycles. The van der Waals surface area contributed by atoms with E-state index in [0.29, 0.717) is 26.2 Å². The highest BCUT2D eigenvalue weighted by Gasteiger charge is 2.22. The van der Waals surface area contributed by atoms with Gasteiger partial charge in [0.2, 0.25) is 0 Å². The van der Waals surface area contributed by atoms with Gasteiger partial charge < -0.3 is 14.5 Å². The van der Waals surface area contributed by atoms with Crippen LogP contribution in [0.25, 0.3) is 0 Å². The zero-order valence-corrected chi connectivity index (χ0v) is 15.1. The Morgan fingerprint density at radius 2 is 1.67 bits per heavy atom. The average molecular weight is 395 g/mol. The van der Waals surface area contributed by atoms with Crippen molar-refractivity contribution in [1.29, 1.82) is 0 Å². The molecule has 5 nitrogen and oxygen atoms in total. The van der Waals surface area contributed by atoms with Gasteiger partial charge in [0.25, 0.3) is 5.91 Å². The van der Waals surface area contributed by atoms with Crippen LogP contribution in [0, 0.1) is 11.6 Å². The molecule has 1 aliphatic rings. The van der Waals surface area contributed by atoms with Gasteiger partial charge in [-0.2, -0.15) is 0 Å². The quantitative estimate of drug-likeness (QED) is 0.748. The Morgan fingerprint density at radius 3 is 2.30 bits per heavy atom. The first-order chi connectivity index (χ1) is 12.9. The SMILES string of the molecule is O=C(OCC(=O)N1CCN(c2ccc(F)cc2)CC1)c1ccc(F)c(Cl)c1. The van der Waals surface area contributed by atoms with Gasteiger partial charge in [-0.05, 0) is 42.5 Å². The number of hydrogen-bond acceptors (Lipinski definition) is 4. The van der Waals surface area contributed by atoms with Crippen LogP contribution < -0.4 is 4.90 Å². The summed E-state index contributed by atoms with van der Waals surface area (Å²) in [6, 6.07) is 9.66. The summed E-state index contributed by atoms with van der Waals surface area (Å²) >= 11 is 5.63. The molecular weight excluding hydrogens is 378 g/mol. The monoisotopic (exact) mass is 394 g/mol. The fourth-order valence-corrected chi connectivity index (χ4v) is 2.97. The fourth-order valence-electron chi connectivity index (χ4n) is 2.79. The molecule has 2 aromatic rings. The maximum atomic E-state index is 13.1. The summed E-state index contributed by atoms with van der Waals surface area (Å²) in [4.78, 5) is 27.8. The second-order valence-corrected chi connectivity index (χ2v) is 6.46. The highest BCUT2D eigenvalue weighted by molar-refractivity contribution is 6.31. The first-order valence-electron chi connectivity index (χ1n) is 8.34. The number of hydrogen-bond donors (Lipinski definition) is 0. The number of piperazine rings is 1. The number of amides is 1. The Hall–Kier alpha value is -2.67. The smallest absolute Gasteiger partial charge is 0.338 e. The highest BCUT2D eigenvalue weighted by atomic mass is 35.5. The molecule has 2 aromatic carbocycles. The van der Waals surface area contributed by atoms with E-state index in [1.807, 2.05) is 0 Å². The van der Waals surface area contributed by atoms with E-state index >= 15 is 0 Å². The first-order valence-corrected chi connectivity index (χ1v) is 8.72. The molecule has 3 rings (SSSR count). The van der Waals surface area contributed by atoms with Crippen LogP contribution in [0.3, 0.4) is 0 Å². The number of halogens is 3. The normalized spacial score (nSPS) is 14.2. The van der Waals surface area contributed by atoms with Crippen molar-refractivity contribution in [1.82, 2.24) is 4.90 Å². The maximum absolute atomic E-state index is 13.1. The Labute approximate surface area is 160 Å². The van der Waals surface area contributed by atoms with Crippen molar-refractivity contribution in [3.8, 4) is 0 Å². The Morgan fingerprint density at radius 1 is 1.00 bits per heavy atom. The Balaban J connectivity index is 1.48. The summed E-state index contributed by atoms with van der Waals surface area (Å²) in [5, 5.41) is -0.187. The molecule has 8 heteroatoms.